The molecular formula is C16H14F5N. The van der Waals surface area contributed by atoms with Gasteiger partial charge in [-0.1, -0.05) is 12.1 Å². The Bertz CT molecular complexity index is 632. The molecule has 3 rings (SSSR count). The second-order valence-electron chi connectivity index (χ2n) is 5.62. The summed E-state index contributed by atoms with van der Waals surface area (Å²) in [7, 11) is 0. The third-order valence-electron chi connectivity index (χ3n) is 4.32. The van der Waals surface area contributed by atoms with Gasteiger partial charge >= 0.3 is 6.18 Å². The van der Waals surface area contributed by atoms with Crippen molar-refractivity contribution in [2.45, 2.75) is 31.0 Å². The van der Waals surface area contributed by atoms with Crippen molar-refractivity contribution >= 4 is 0 Å². The molecule has 22 heavy (non-hydrogen) atoms. The van der Waals surface area contributed by atoms with Gasteiger partial charge in [0.1, 0.15) is 11.6 Å². The lowest BCUT2D eigenvalue weighted by Gasteiger charge is -2.45. The monoisotopic (exact) mass is 315 g/mol. The van der Waals surface area contributed by atoms with Gasteiger partial charge in [-0.25, -0.2) is 8.78 Å². The van der Waals surface area contributed by atoms with E-state index >= 15 is 0 Å². The number of alkyl halides is 3. The molecule has 0 N–H and O–H groups in total. The zero-order chi connectivity index (χ0) is 15.9. The molecule has 0 spiro atoms. The third kappa shape index (κ3) is 2.74. The molecule has 1 aromatic carbocycles. The minimum atomic E-state index is -4.36. The van der Waals surface area contributed by atoms with E-state index in [1.165, 1.54) is 18.2 Å². The van der Waals surface area contributed by atoms with E-state index < -0.39 is 23.4 Å². The Hall–Kier alpha value is -1.85. The number of benzene rings is 1. The summed E-state index contributed by atoms with van der Waals surface area (Å²) in [6.45, 7) is -0.232. The molecule has 1 aliphatic heterocycles. The molecule has 0 unspecified atom stereocenters. The fourth-order valence-electron chi connectivity index (χ4n) is 3.03. The Morgan fingerprint density at radius 2 is 1.86 bits per heavy atom. The molecule has 0 bridgehead atoms. The van der Waals surface area contributed by atoms with E-state index in [-0.39, 0.29) is 18.5 Å². The van der Waals surface area contributed by atoms with Crippen molar-refractivity contribution < 1.29 is 22.0 Å². The molecule has 2 atom stereocenters. The van der Waals surface area contributed by atoms with Crippen molar-refractivity contribution in [2.24, 2.45) is 0 Å². The Morgan fingerprint density at radius 3 is 2.45 bits per heavy atom. The van der Waals surface area contributed by atoms with E-state index in [2.05, 4.69) is 0 Å². The number of hydrogen-bond donors (Lipinski definition) is 0. The predicted octanol–water partition coefficient (Wildman–Crippen LogP) is 4.53. The summed E-state index contributed by atoms with van der Waals surface area (Å²) < 4.78 is 65.2. The predicted molar refractivity (Wildman–Crippen MR) is 72.1 cm³/mol. The first-order valence-corrected chi connectivity index (χ1v) is 7.01. The van der Waals surface area contributed by atoms with Crippen LogP contribution in [0.3, 0.4) is 0 Å². The lowest BCUT2D eigenvalue weighted by Crippen LogP contribution is -2.45. The van der Waals surface area contributed by atoms with Crippen LogP contribution in [0.15, 0.2) is 42.1 Å². The van der Waals surface area contributed by atoms with Crippen molar-refractivity contribution in [2.75, 3.05) is 6.54 Å². The van der Waals surface area contributed by atoms with E-state index in [1.54, 1.807) is 11.1 Å². The van der Waals surface area contributed by atoms with Crippen molar-refractivity contribution in [3.8, 4) is 0 Å². The Kier molecular flexibility index (Phi) is 3.70. The largest absolute Gasteiger partial charge is 0.414 e. The Morgan fingerprint density at radius 1 is 1.09 bits per heavy atom. The maximum absolute atomic E-state index is 13.9. The molecule has 118 valence electrons. The molecule has 0 amide bonds. The zero-order valence-corrected chi connectivity index (χ0v) is 11.6. The van der Waals surface area contributed by atoms with Crippen LogP contribution in [-0.4, -0.2) is 23.7 Å². The van der Waals surface area contributed by atoms with Gasteiger partial charge in [0, 0.05) is 24.6 Å². The second kappa shape index (κ2) is 5.41. The first-order chi connectivity index (χ1) is 10.4. The van der Waals surface area contributed by atoms with Crippen molar-refractivity contribution in [3.63, 3.8) is 0 Å². The quantitative estimate of drug-likeness (QED) is 0.725. The van der Waals surface area contributed by atoms with Gasteiger partial charge in [-0.2, -0.15) is 13.2 Å². The molecular weight excluding hydrogens is 301 g/mol. The first-order valence-electron chi connectivity index (χ1n) is 7.01. The summed E-state index contributed by atoms with van der Waals surface area (Å²) in [6, 6.07) is 3.19. The van der Waals surface area contributed by atoms with Crippen LogP contribution < -0.4 is 0 Å². The van der Waals surface area contributed by atoms with Crippen molar-refractivity contribution in [1.82, 2.24) is 4.90 Å². The lowest BCUT2D eigenvalue weighted by molar-refractivity contribution is -0.0966. The molecule has 1 heterocycles. The number of rotatable bonds is 2. The highest BCUT2D eigenvalue weighted by molar-refractivity contribution is 5.29. The number of allylic oxidation sites excluding steroid dienone is 2. The zero-order valence-electron chi connectivity index (χ0n) is 11.6. The highest BCUT2D eigenvalue weighted by Gasteiger charge is 2.41. The standard InChI is InChI=1S/C16H14F5N/c17-11-3-4-12(14(18)8-11)13-5-6-15(13)22-7-1-2-10(9-22)16(19,20)21/h1-4,7-8,13,15H,5-6,9H2/t13-,15-/m0/s1. The molecule has 2 aliphatic rings. The van der Waals surface area contributed by atoms with E-state index in [1.807, 2.05) is 0 Å². The van der Waals surface area contributed by atoms with Crippen LogP contribution in [-0.2, 0) is 0 Å². The van der Waals surface area contributed by atoms with Gasteiger partial charge in [-0.15, -0.1) is 0 Å². The molecule has 1 fully saturated rings. The van der Waals surface area contributed by atoms with Gasteiger partial charge < -0.3 is 4.90 Å². The fourth-order valence-corrected chi connectivity index (χ4v) is 3.03. The summed E-state index contributed by atoms with van der Waals surface area (Å²) in [5, 5.41) is 0. The average Bonchev–Trinajstić information content (AvgIpc) is 2.40. The SMILES string of the molecule is Fc1ccc([C@@H]2CC[C@@H]2N2C=CC=C(C(F)(F)F)C2)c(F)c1. The maximum atomic E-state index is 13.9. The topological polar surface area (TPSA) is 3.24 Å². The number of nitrogens with zero attached hydrogens (tertiary/aromatic N) is 1. The Labute approximate surface area is 124 Å². The van der Waals surface area contributed by atoms with Crippen LogP contribution in [0.25, 0.3) is 0 Å². The van der Waals surface area contributed by atoms with Crippen LogP contribution in [0.4, 0.5) is 22.0 Å². The molecule has 1 aliphatic carbocycles. The van der Waals surface area contributed by atoms with Crippen molar-refractivity contribution in [3.05, 3.63) is 59.3 Å². The minimum Gasteiger partial charge on any atom is -0.370 e. The molecule has 6 heteroatoms. The fraction of sp³-hybridized carbons (Fsp3) is 0.375. The smallest absolute Gasteiger partial charge is 0.370 e. The number of halogens is 5. The van der Waals surface area contributed by atoms with Crippen LogP contribution >= 0.6 is 0 Å². The third-order valence-corrected chi connectivity index (χ3v) is 4.32. The lowest BCUT2D eigenvalue weighted by atomic mass is 9.73. The summed E-state index contributed by atoms with van der Waals surface area (Å²) in [5.41, 5.74) is -0.241. The molecule has 1 saturated carbocycles. The van der Waals surface area contributed by atoms with E-state index in [0.29, 0.717) is 18.4 Å². The molecule has 1 aromatic rings. The van der Waals surface area contributed by atoms with Gasteiger partial charge in [0.2, 0.25) is 0 Å². The van der Waals surface area contributed by atoms with E-state index in [9.17, 15) is 22.0 Å². The highest BCUT2D eigenvalue weighted by Crippen LogP contribution is 2.43. The Balaban J connectivity index is 1.77. The summed E-state index contributed by atoms with van der Waals surface area (Å²) >= 11 is 0. The minimum absolute atomic E-state index is 0.192. The summed E-state index contributed by atoms with van der Waals surface area (Å²) in [4.78, 5) is 1.60. The average molecular weight is 315 g/mol. The van der Waals surface area contributed by atoms with E-state index in [4.69, 9.17) is 0 Å². The van der Waals surface area contributed by atoms with Crippen LogP contribution in [0, 0.1) is 11.6 Å². The normalized spacial score (nSPS) is 25.0. The van der Waals surface area contributed by atoms with Crippen molar-refractivity contribution in [1.29, 1.82) is 0 Å². The first kappa shape index (κ1) is 15.1. The highest BCUT2D eigenvalue weighted by atomic mass is 19.4. The van der Waals surface area contributed by atoms with Gasteiger partial charge in [0.05, 0.1) is 5.57 Å². The number of hydrogen-bond acceptors (Lipinski definition) is 1. The van der Waals surface area contributed by atoms with Gasteiger partial charge in [-0.05, 0) is 36.7 Å². The van der Waals surface area contributed by atoms with Gasteiger partial charge in [0.25, 0.3) is 0 Å². The van der Waals surface area contributed by atoms with Crippen LogP contribution in [0.2, 0.25) is 0 Å². The van der Waals surface area contributed by atoms with Gasteiger partial charge in [-0.3, -0.25) is 0 Å². The molecule has 0 aromatic heterocycles. The van der Waals surface area contributed by atoms with Crippen LogP contribution in [0.5, 0.6) is 0 Å². The summed E-state index contributed by atoms with van der Waals surface area (Å²) in [5.74, 6) is -1.50. The van der Waals surface area contributed by atoms with Crippen LogP contribution in [0.1, 0.15) is 24.3 Å². The van der Waals surface area contributed by atoms with Gasteiger partial charge in [0.15, 0.2) is 0 Å². The molecule has 1 nitrogen and oxygen atoms in total. The molecule has 0 saturated heterocycles. The van der Waals surface area contributed by atoms with E-state index in [0.717, 1.165) is 12.1 Å². The molecule has 0 radical (unpaired) electrons. The summed E-state index contributed by atoms with van der Waals surface area (Å²) in [6.07, 6.45) is 1.04. The second-order valence-corrected chi connectivity index (χ2v) is 5.62. The maximum Gasteiger partial charge on any atom is 0.414 e.